The van der Waals surface area contributed by atoms with Crippen LogP contribution in [-0.2, 0) is 32.8 Å². The molecule has 0 radical (unpaired) electrons. The molecule has 0 amide bonds. The number of non-ortho nitro benzene ring substituents is 1. The summed E-state index contributed by atoms with van der Waals surface area (Å²) in [5.41, 5.74) is 17.5. The molecule has 0 aliphatic heterocycles. The second-order valence-electron chi connectivity index (χ2n) is 30.4. The van der Waals surface area contributed by atoms with E-state index >= 15 is 0 Å². The molecule has 7 heterocycles. The minimum absolute atomic E-state index is 0.00250. The van der Waals surface area contributed by atoms with Crippen molar-refractivity contribution < 1.29 is 33.7 Å². The van der Waals surface area contributed by atoms with Crippen LogP contribution >= 0.6 is 0 Å². The predicted molar refractivity (Wildman–Crippen MR) is 499 cm³/mol. The first-order chi connectivity index (χ1) is 61.5. The molecule has 23 nitrogen and oxygen atoms in total. The van der Waals surface area contributed by atoms with Crippen LogP contribution in [0.25, 0.3) is 76.8 Å². The number of H-pyrrole nitrogens is 1. The quantitative estimate of drug-likeness (QED) is 0.0407. The van der Waals surface area contributed by atoms with Crippen molar-refractivity contribution in [1.29, 1.82) is 36.8 Å². The molecule has 0 fully saturated rings. The van der Waals surface area contributed by atoms with Crippen molar-refractivity contribution in [2.45, 2.75) is 147 Å². The molecular weight excluding hydrogens is 1590 g/mol. The predicted octanol–water partition coefficient (Wildman–Crippen LogP) is 24.0. The molecule has 9 aromatic carbocycles. The minimum atomic E-state index is -0.457. The molecule has 1 aliphatic rings. The average Bonchev–Trinajstić information content (AvgIpc) is 1.54. The van der Waals surface area contributed by atoms with E-state index in [9.17, 15) is 31.0 Å². The maximum absolute atomic E-state index is 10.8. The Morgan fingerprint density at radius 1 is 0.488 bits per heavy atom. The number of aromatic amines is 1. The summed E-state index contributed by atoms with van der Waals surface area (Å²) in [6, 6.07) is 75.0. The number of hydrogen-bond donors (Lipinski definition) is 2. The van der Waals surface area contributed by atoms with Crippen molar-refractivity contribution in [1.82, 2.24) is 32.4 Å². The summed E-state index contributed by atoms with van der Waals surface area (Å²) < 4.78 is 40.1. The van der Waals surface area contributed by atoms with E-state index in [4.69, 9.17) is 44.7 Å². The van der Waals surface area contributed by atoms with Crippen molar-refractivity contribution in [2.75, 3.05) is 20.3 Å². The third kappa shape index (κ3) is 21.5. The van der Waals surface area contributed by atoms with Crippen molar-refractivity contribution in [3.05, 3.63) is 314 Å². The highest BCUT2D eigenvalue weighted by atomic mass is 16.6. The average molecular weight is 1690 g/mol. The number of ether oxygens (including phenoxy) is 5. The van der Waals surface area contributed by atoms with Crippen LogP contribution in [0.4, 0.5) is 5.69 Å². The molecule has 640 valence electrons. The molecule has 127 heavy (non-hydrogen) atoms. The number of nitrogens with zero attached hydrogens (tertiary/aromatic N) is 14. The Labute approximate surface area is 739 Å². The van der Waals surface area contributed by atoms with Gasteiger partial charge in [0.1, 0.15) is 88.9 Å². The lowest BCUT2D eigenvalue weighted by Gasteiger charge is -2.14. The van der Waals surface area contributed by atoms with Crippen molar-refractivity contribution in [3.63, 3.8) is 0 Å². The molecule has 0 saturated heterocycles. The number of rotatable bonds is 20. The normalized spacial score (nSPS) is 11.5. The van der Waals surface area contributed by atoms with Gasteiger partial charge >= 0.3 is 0 Å². The third-order valence-corrected chi connectivity index (χ3v) is 21.6. The van der Waals surface area contributed by atoms with E-state index in [1.54, 1.807) is 48.3 Å². The number of aromatic hydroxyl groups is 1. The highest BCUT2D eigenvalue weighted by molar-refractivity contribution is 5.93. The lowest BCUT2D eigenvalue weighted by Crippen LogP contribution is -2.05. The van der Waals surface area contributed by atoms with E-state index in [1.807, 2.05) is 210 Å². The van der Waals surface area contributed by atoms with E-state index in [0.717, 1.165) is 168 Å². The molecule has 7 aromatic heterocycles. The van der Waals surface area contributed by atoms with Crippen LogP contribution < -0.4 is 23.7 Å². The molecule has 2 N–H and O–H groups in total. The Morgan fingerprint density at radius 3 is 1.45 bits per heavy atom. The second-order valence-corrected chi connectivity index (χ2v) is 30.4. The molecule has 23 heteroatoms. The Kier molecular flexibility index (Phi) is 31.1. The summed E-state index contributed by atoms with van der Waals surface area (Å²) in [5.74, 6) is 5.21. The van der Waals surface area contributed by atoms with Gasteiger partial charge in [-0.2, -0.15) is 36.8 Å². The second kappa shape index (κ2) is 43.1. The Bertz CT molecular complexity index is 6960. The van der Waals surface area contributed by atoms with Gasteiger partial charge in [-0.15, -0.1) is 0 Å². The van der Waals surface area contributed by atoms with Gasteiger partial charge in [0.25, 0.3) is 5.69 Å². The largest absolute Gasteiger partial charge is 0.508 e. The number of unbranched alkanes of at least 4 members (excludes halogenated alkanes) is 1. The first kappa shape index (κ1) is 91.6. The number of allylic oxidation sites excluding steroid dienone is 2. The first-order valence-corrected chi connectivity index (χ1v) is 42.2. The van der Waals surface area contributed by atoms with Gasteiger partial charge in [0.15, 0.2) is 0 Å². The monoisotopic (exact) mass is 1690 g/mol. The minimum Gasteiger partial charge on any atom is -0.508 e. The smallest absolute Gasteiger partial charge is 0.271 e. The van der Waals surface area contributed by atoms with Crippen LogP contribution in [0.2, 0.25) is 0 Å². The lowest BCUT2D eigenvalue weighted by atomic mass is 9.91. The van der Waals surface area contributed by atoms with Gasteiger partial charge in [-0.1, -0.05) is 68.0 Å². The molecule has 0 spiro atoms. The number of nitriles is 7. The zero-order valence-corrected chi connectivity index (χ0v) is 73.7. The lowest BCUT2D eigenvalue weighted by molar-refractivity contribution is -0.384. The van der Waals surface area contributed by atoms with Crippen molar-refractivity contribution in [2.24, 2.45) is 0 Å². The van der Waals surface area contributed by atoms with Gasteiger partial charge in [-0.25, -0.2) is 0 Å². The van der Waals surface area contributed by atoms with Crippen LogP contribution in [0, 0.1) is 103 Å². The zero-order valence-electron chi connectivity index (χ0n) is 73.7. The van der Waals surface area contributed by atoms with E-state index in [1.165, 1.54) is 28.8 Å². The van der Waals surface area contributed by atoms with E-state index in [0.29, 0.717) is 46.6 Å². The van der Waals surface area contributed by atoms with E-state index < -0.39 is 4.92 Å². The summed E-state index contributed by atoms with van der Waals surface area (Å²) in [4.78, 5) is 13.3. The molecule has 0 saturated carbocycles. The van der Waals surface area contributed by atoms with Gasteiger partial charge in [0.05, 0.1) is 104 Å². The van der Waals surface area contributed by atoms with E-state index in [2.05, 4.69) is 132 Å². The summed E-state index contributed by atoms with van der Waals surface area (Å²) in [6.45, 7) is 30.1. The Hall–Kier alpha value is -16.1. The van der Waals surface area contributed by atoms with E-state index in [-0.39, 0.29) is 29.5 Å². The van der Waals surface area contributed by atoms with Gasteiger partial charge in [-0.3, -0.25) is 10.1 Å². The molecule has 1 atom stereocenters. The fraction of sp³-hybridized carbons (Fsp3) is 0.240. The number of methoxy groups -OCH3 is 1. The SMILES string of the molecule is CC(C)n1cc(C#N)c2ccc(O)cc21.CCCCOc1ccc2c(C#N)cn(CC)c2c1.CCOc1ccc2c(C#N)cn(CC)c2c1.CCn1cc(C#N)c2ccc(OC(C)C)cc21.CCn1cc(C#N)c2ccc(OCc3ccccc3)cc21.COc1ccc2c(c1)C(c1ccc(C)c(C)c1)C=C2C#N.N#Cc1c(-n2cccc2)[nH]c2cc([N+](=O)[O-])ccc12. The fourth-order valence-corrected chi connectivity index (χ4v) is 15.0. The number of hydrogen-bond acceptors (Lipinski definition) is 15. The fourth-order valence-electron chi connectivity index (χ4n) is 15.0. The maximum Gasteiger partial charge on any atom is 0.271 e. The van der Waals surface area contributed by atoms with Gasteiger partial charge < -0.3 is 61.2 Å². The topological polar surface area (TPSA) is 321 Å². The number of nitro benzene ring substituents is 1. The Balaban J connectivity index is 0.000000144. The summed E-state index contributed by atoms with van der Waals surface area (Å²) in [5, 5.41) is 89.7. The third-order valence-electron chi connectivity index (χ3n) is 21.6. The number of fused-ring (bicyclic) bond motifs is 7. The molecule has 1 unspecified atom stereocenters. The number of nitrogens with one attached hydrogen (secondary N) is 1. The van der Waals surface area contributed by atoms with Crippen LogP contribution in [0.1, 0.15) is 161 Å². The number of phenols is 1. The molecular formula is C104H101N15O8. The Morgan fingerprint density at radius 2 is 0.976 bits per heavy atom. The standard InChI is InChI=1S/C19H17NO.C18H16N2O.C15H18N2O.C14H16N2O.C13H8N4O2.C13H14N2O.C12H12N2O/c1-12-4-5-14(8-13(12)2)18-9-15(11-20)17-7-6-16(21-3)10-19(17)18;1-2-20-12-15(11-19)17-9-8-16(10-18(17)20)21-13-14-6-4-3-5-7-14;1-3-5-8-18-13-6-7-14-12(10-16)11-17(4-2)15(14)9-13;1-4-16-9-11(8-15)13-6-5-12(7-14(13)16)17-10(2)3;14-8-11-10-4-3-9(17(18)19)7-12(10)15-13(11)16-5-1-2-6-16;1-3-15-9-10(8-14)12-6-5-11(16-4-2)7-13(12)15;1-8(2)14-7-9(6-13)11-4-3-10(15)5-12(11)14/h4-10,18H,1-3H3;3-10,12H,2,13H2,1H3;6-7,9,11H,3-5,8H2,1-2H3;5-7,9-10H,4H2,1-3H3;1-7,15H;5-7,9H,3-4H2,1-2H3;3-5,7-8,15H,1-2H3. The van der Waals surface area contributed by atoms with Crippen LogP contribution in [0.15, 0.2) is 238 Å². The number of nitro groups is 1. The number of benzene rings is 9. The van der Waals surface area contributed by atoms with Gasteiger partial charge in [0.2, 0.25) is 0 Å². The van der Waals surface area contributed by atoms with Crippen LogP contribution in [0.3, 0.4) is 0 Å². The number of phenolic OH excluding ortho intramolecular Hbond substituents is 1. The number of aryl methyl sites for hydroxylation is 6. The van der Waals surface area contributed by atoms with Crippen molar-refractivity contribution >= 4 is 76.7 Å². The summed E-state index contributed by atoms with van der Waals surface area (Å²) >= 11 is 0. The van der Waals surface area contributed by atoms with Crippen LogP contribution in [0.5, 0.6) is 34.5 Å². The molecule has 17 rings (SSSR count). The maximum atomic E-state index is 10.8. The number of aromatic nitrogens is 7. The molecule has 1 aliphatic carbocycles. The van der Waals surface area contributed by atoms with Crippen molar-refractivity contribution in [3.8, 4) is 82.8 Å². The molecule has 0 bridgehead atoms. The summed E-state index contributed by atoms with van der Waals surface area (Å²) in [6.07, 6.45) is 17.4. The van der Waals surface area contributed by atoms with Crippen LogP contribution in [-0.4, -0.2) is 68.8 Å². The zero-order chi connectivity index (χ0) is 91.0. The van der Waals surface area contributed by atoms with Gasteiger partial charge in [0, 0.05) is 156 Å². The highest BCUT2D eigenvalue weighted by Gasteiger charge is 2.26. The first-order valence-electron chi connectivity index (χ1n) is 42.2. The molecule has 16 aromatic rings. The summed E-state index contributed by atoms with van der Waals surface area (Å²) in [7, 11) is 1.67. The highest BCUT2D eigenvalue weighted by Crippen LogP contribution is 2.42. The van der Waals surface area contributed by atoms with Gasteiger partial charge in [-0.05, 0) is 213 Å².